The number of amides is 1. The second kappa shape index (κ2) is 5.48. The highest BCUT2D eigenvalue weighted by molar-refractivity contribution is 9.10. The van der Waals surface area contributed by atoms with Gasteiger partial charge in [0, 0.05) is 11.0 Å². The molecule has 0 aromatic heterocycles. The van der Waals surface area contributed by atoms with Gasteiger partial charge in [-0.15, -0.1) is 0 Å². The Bertz CT molecular complexity index is 419. The molecule has 1 amide bonds. The number of halogens is 5. The Balaban J connectivity index is 2.59. The summed E-state index contributed by atoms with van der Waals surface area (Å²) in [6, 6.07) is 3.32. The maximum atomic E-state index is 12.7. The number of nitrogens with one attached hydrogen (secondary N) is 1. The number of benzene rings is 1. The van der Waals surface area contributed by atoms with E-state index in [-0.39, 0.29) is 10.0 Å². The second-order valence-electron chi connectivity index (χ2n) is 3.25. The molecule has 0 fully saturated rings. The number of alkyl halides is 3. The van der Waals surface area contributed by atoms with Crippen LogP contribution in [0.2, 0.25) is 0 Å². The Morgan fingerprint density at radius 3 is 2.53 bits per heavy atom. The molecule has 7 heteroatoms. The van der Waals surface area contributed by atoms with Crippen molar-refractivity contribution in [1.29, 1.82) is 0 Å². The Hall–Kier alpha value is -1.11. The number of hydrogen-bond donors (Lipinski definition) is 1. The minimum absolute atomic E-state index is 0.0913. The molecule has 0 aliphatic heterocycles. The molecule has 2 nitrogen and oxygen atoms in total. The lowest BCUT2D eigenvalue weighted by atomic mass is 10.2. The van der Waals surface area contributed by atoms with E-state index >= 15 is 0 Å². The maximum absolute atomic E-state index is 12.7. The number of rotatable bonds is 3. The van der Waals surface area contributed by atoms with Gasteiger partial charge in [-0.1, -0.05) is 0 Å². The molecular formula is C10H8BrF4NO. The number of carbonyl (C=O) groups excluding carboxylic acids is 1. The van der Waals surface area contributed by atoms with Crippen LogP contribution in [0, 0.1) is 5.82 Å². The molecule has 1 aromatic rings. The van der Waals surface area contributed by atoms with E-state index in [0.717, 1.165) is 12.1 Å². The van der Waals surface area contributed by atoms with Crippen LogP contribution in [0.5, 0.6) is 0 Å². The number of hydrogen-bond acceptors (Lipinski definition) is 1. The smallest absolute Gasteiger partial charge is 0.352 e. The van der Waals surface area contributed by atoms with Gasteiger partial charge in [-0.2, -0.15) is 13.2 Å². The van der Waals surface area contributed by atoms with E-state index < -0.39 is 30.9 Å². The zero-order chi connectivity index (χ0) is 13.1. The summed E-state index contributed by atoms with van der Waals surface area (Å²) in [5.74, 6) is -1.22. The molecule has 0 spiro atoms. The molecule has 1 N–H and O–H groups in total. The summed E-state index contributed by atoms with van der Waals surface area (Å²) in [5, 5.41) is 2.10. The minimum atomic E-state index is -4.31. The minimum Gasteiger partial charge on any atom is -0.352 e. The maximum Gasteiger partial charge on any atom is 0.390 e. The van der Waals surface area contributed by atoms with Crippen molar-refractivity contribution in [2.24, 2.45) is 0 Å². The Morgan fingerprint density at radius 2 is 2.00 bits per heavy atom. The summed E-state index contributed by atoms with van der Waals surface area (Å²) in [4.78, 5) is 11.4. The van der Waals surface area contributed by atoms with Gasteiger partial charge in [0.2, 0.25) is 0 Å². The lowest BCUT2D eigenvalue weighted by molar-refractivity contribution is -0.132. The molecule has 1 rings (SSSR count). The van der Waals surface area contributed by atoms with E-state index in [1.165, 1.54) is 6.07 Å². The molecule has 94 valence electrons. The fourth-order valence-electron chi connectivity index (χ4n) is 1.09. The molecular weight excluding hydrogens is 306 g/mol. The molecule has 0 heterocycles. The molecule has 17 heavy (non-hydrogen) atoms. The Kier molecular flexibility index (Phi) is 4.50. The third kappa shape index (κ3) is 4.72. The first-order valence-electron chi connectivity index (χ1n) is 4.59. The van der Waals surface area contributed by atoms with Crippen molar-refractivity contribution in [3.8, 4) is 0 Å². The highest BCUT2D eigenvalue weighted by atomic mass is 79.9. The first kappa shape index (κ1) is 14.0. The van der Waals surface area contributed by atoms with E-state index in [2.05, 4.69) is 21.2 Å². The predicted molar refractivity (Wildman–Crippen MR) is 57.1 cm³/mol. The molecule has 0 saturated carbocycles. The van der Waals surface area contributed by atoms with Crippen molar-refractivity contribution in [1.82, 2.24) is 5.32 Å². The molecule has 0 aliphatic carbocycles. The highest BCUT2D eigenvalue weighted by Gasteiger charge is 2.26. The van der Waals surface area contributed by atoms with Gasteiger partial charge in [0.25, 0.3) is 5.91 Å². The largest absolute Gasteiger partial charge is 0.390 e. The van der Waals surface area contributed by atoms with Crippen LogP contribution in [0.1, 0.15) is 16.8 Å². The van der Waals surface area contributed by atoms with Gasteiger partial charge in [0.1, 0.15) is 5.82 Å². The van der Waals surface area contributed by atoms with Gasteiger partial charge < -0.3 is 5.32 Å². The quantitative estimate of drug-likeness (QED) is 0.853. The van der Waals surface area contributed by atoms with Crippen LogP contribution in [0.3, 0.4) is 0 Å². The lowest BCUT2D eigenvalue weighted by Gasteiger charge is -2.08. The molecule has 0 bridgehead atoms. The lowest BCUT2D eigenvalue weighted by Crippen LogP contribution is -2.28. The second-order valence-corrected chi connectivity index (χ2v) is 4.10. The normalized spacial score (nSPS) is 11.4. The summed E-state index contributed by atoms with van der Waals surface area (Å²) < 4.78 is 48.4. The van der Waals surface area contributed by atoms with Crippen LogP contribution in [-0.4, -0.2) is 18.6 Å². The average molecular weight is 314 g/mol. The van der Waals surface area contributed by atoms with Crippen LogP contribution < -0.4 is 5.32 Å². The number of carbonyl (C=O) groups is 1. The fourth-order valence-corrected chi connectivity index (χ4v) is 1.62. The zero-order valence-electron chi connectivity index (χ0n) is 8.44. The van der Waals surface area contributed by atoms with E-state index in [9.17, 15) is 22.4 Å². The van der Waals surface area contributed by atoms with Gasteiger partial charge >= 0.3 is 6.18 Å². The van der Waals surface area contributed by atoms with Crippen LogP contribution in [0.25, 0.3) is 0 Å². The van der Waals surface area contributed by atoms with Crippen LogP contribution in [0.15, 0.2) is 22.7 Å². The molecule has 0 aliphatic rings. The average Bonchev–Trinajstić information content (AvgIpc) is 2.15. The van der Waals surface area contributed by atoms with Crippen LogP contribution in [-0.2, 0) is 0 Å². The van der Waals surface area contributed by atoms with Crippen LogP contribution in [0.4, 0.5) is 17.6 Å². The summed E-state index contributed by atoms with van der Waals surface area (Å²) >= 11 is 2.96. The highest BCUT2D eigenvalue weighted by Crippen LogP contribution is 2.20. The standard InChI is InChI=1S/C10H8BrF4NO/c11-8-5-6(12)1-2-7(8)9(17)16-4-3-10(13,14)15/h1-2,5H,3-4H2,(H,16,17). The van der Waals surface area contributed by atoms with Crippen LogP contribution >= 0.6 is 15.9 Å². The monoisotopic (exact) mass is 313 g/mol. The van der Waals surface area contributed by atoms with Crippen molar-refractivity contribution in [2.75, 3.05) is 6.54 Å². The zero-order valence-corrected chi connectivity index (χ0v) is 10.0. The topological polar surface area (TPSA) is 29.1 Å². The SMILES string of the molecule is O=C(NCCC(F)(F)F)c1ccc(F)cc1Br. The van der Waals surface area contributed by atoms with Crippen molar-refractivity contribution in [3.63, 3.8) is 0 Å². The molecule has 0 radical (unpaired) electrons. The van der Waals surface area contributed by atoms with Crippen molar-refractivity contribution < 1.29 is 22.4 Å². The van der Waals surface area contributed by atoms with E-state index in [1.807, 2.05) is 0 Å². The predicted octanol–water partition coefficient (Wildman–Crippen LogP) is 3.27. The summed E-state index contributed by atoms with van der Waals surface area (Å²) in [6.45, 7) is -0.508. The molecule has 0 saturated heterocycles. The van der Waals surface area contributed by atoms with E-state index in [0.29, 0.717) is 0 Å². The van der Waals surface area contributed by atoms with Crippen molar-refractivity contribution in [2.45, 2.75) is 12.6 Å². The van der Waals surface area contributed by atoms with E-state index in [4.69, 9.17) is 0 Å². The molecule has 0 atom stereocenters. The van der Waals surface area contributed by atoms with E-state index in [1.54, 1.807) is 0 Å². The molecule has 0 unspecified atom stereocenters. The first-order chi connectivity index (χ1) is 7.79. The fraction of sp³-hybridized carbons (Fsp3) is 0.300. The Morgan fingerprint density at radius 1 is 1.35 bits per heavy atom. The first-order valence-corrected chi connectivity index (χ1v) is 5.39. The summed E-state index contributed by atoms with van der Waals surface area (Å²) in [5.41, 5.74) is 0.0913. The summed E-state index contributed by atoms with van der Waals surface area (Å²) in [6.07, 6.45) is -5.41. The Labute approximate surface area is 103 Å². The van der Waals surface area contributed by atoms with Gasteiger partial charge in [-0.3, -0.25) is 4.79 Å². The van der Waals surface area contributed by atoms with Crippen molar-refractivity contribution >= 4 is 21.8 Å². The van der Waals surface area contributed by atoms with Gasteiger partial charge in [0.15, 0.2) is 0 Å². The van der Waals surface area contributed by atoms with Crippen molar-refractivity contribution in [3.05, 3.63) is 34.1 Å². The summed E-state index contributed by atoms with van der Waals surface area (Å²) in [7, 11) is 0. The molecule has 1 aromatic carbocycles. The third-order valence-corrected chi connectivity index (χ3v) is 2.53. The van der Waals surface area contributed by atoms with Gasteiger partial charge in [-0.25, -0.2) is 4.39 Å². The third-order valence-electron chi connectivity index (χ3n) is 1.87. The van der Waals surface area contributed by atoms with Gasteiger partial charge in [0.05, 0.1) is 12.0 Å². The van der Waals surface area contributed by atoms with Gasteiger partial charge in [-0.05, 0) is 34.1 Å².